The van der Waals surface area contributed by atoms with Gasteiger partial charge in [-0.3, -0.25) is 9.59 Å². The molecule has 0 saturated carbocycles. The summed E-state index contributed by atoms with van der Waals surface area (Å²) in [5.41, 5.74) is 0. The summed E-state index contributed by atoms with van der Waals surface area (Å²) in [6, 6.07) is -0.704. The Morgan fingerprint density at radius 2 is 0.742 bits per heavy atom. The Morgan fingerprint density at radius 1 is 0.424 bits per heavy atom. The van der Waals surface area contributed by atoms with Crippen LogP contribution in [0.3, 0.4) is 0 Å². The number of aliphatic hydroxyl groups excluding tert-OH is 2. The minimum Gasteiger partial charge on any atom is -0.462 e. The molecular weight excluding hydrogens is 815 g/mol. The molecule has 0 heterocycles. The topological polar surface area (TPSA) is 95.9 Å². The molecule has 3 N–H and O–H groups in total. The van der Waals surface area contributed by atoms with Crippen LogP contribution in [0.4, 0.5) is 0 Å². The Labute approximate surface area is 412 Å². The molecule has 0 aromatic carbocycles. The standard InChI is InChI=1S/C60H117NO5/c1-4-7-10-13-16-19-22-25-27-29-31-33-35-38-41-44-47-50-53-60(65)66-56(51-48-45-42-39-36-24-21-18-15-12-9-6-3)54-59(64)61-57(55-62)58(63)52-49-46-43-40-37-34-32-30-28-26-23-20-17-14-11-8-5-2/h39,42,56-58,62-63H,4-38,40-41,43-55H2,1-3H3,(H,61,64)/b42-39-. The molecule has 0 aromatic rings. The predicted octanol–water partition coefficient (Wildman–Crippen LogP) is 18.5. The van der Waals surface area contributed by atoms with E-state index in [0.717, 1.165) is 51.4 Å². The van der Waals surface area contributed by atoms with Crippen LogP contribution in [-0.4, -0.2) is 46.9 Å². The van der Waals surface area contributed by atoms with Crippen LogP contribution in [0.1, 0.15) is 335 Å². The van der Waals surface area contributed by atoms with E-state index in [9.17, 15) is 19.8 Å². The highest BCUT2D eigenvalue weighted by Crippen LogP contribution is 2.19. The van der Waals surface area contributed by atoms with Gasteiger partial charge >= 0.3 is 5.97 Å². The fourth-order valence-electron chi connectivity index (χ4n) is 9.55. The smallest absolute Gasteiger partial charge is 0.306 e. The van der Waals surface area contributed by atoms with Gasteiger partial charge in [0.15, 0.2) is 0 Å². The summed E-state index contributed by atoms with van der Waals surface area (Å²) in [6.45, 7) is 6.52. The third-order valence-corrected chi connectivity index (χ3v) is 14.1. The molecule has 0 spiro atoms. The van der Waals surface area contributed by atoms with Gasteiger partial charge in [-0.1, -0.05) is 290 Å². The maximum absolute atomic E-state index is 13.3. The van der Waals surface area contributed by atoms with Gasteiger partial charge in [-0.15, -0.1) is 0 Å². The zero-order chi connectivity index (χ0) is 48.1. The Kier molecular flexibility index (Phi) is 53.4. The quantitative estimate of drug-likeness (QED) is 0.0321. The summed E-state index contributed by atoms with van der Waals surface area (Å²) in [5.74, 6) is -0.479. The van der Waals surface area contributed by atoms with E-state index in [4.69, 9.17) is 4.74 Å². The van der Waals surface area contributed by atoms with Crippen molar-refractivity contribution in [3.8, 4) is 0 Å². The molecule has 0 aliphatic rings. The Balaban J connectivity index is 4.43. The monoisotopic (exact) mass is 932 g/mol. The lowest BCUT2D eigenvalue weighted by Gasteiger charge is -2.24. The zero-order valence-corrected chi connectivity index (χ0v) is 44.9. The molecule has 392 valence electrons. The van der Waals surface area contributed by atoms with Crippen molar-refractivity contribution in [1.82, 2.24) is 5.32 Å². The number of aliphatic hydroxyl groups is 2. The maximum atomic E-state index is 13.3. The Hall–Kier alpha value is -1.40. The van der Waals surface area contributed by atoms with Gasteiger partial charge in [0.25, 0.3) is 0 Å². The number of nitrogens with one attached hydrogen (secondary N) is 1. The first-order valence-corrected chi connectivity index (χ1v) is 29.9. The summed E-state index contributed by atoms with van der Waals surface area (Å²) in [7, 11) is 0. The highest BCUT2D eigenvalue weighted by molar-refractivity contribution is 5.77. The molecule has 0 aliphatic heterocycles. The Bertz CT molecular complexity index is 1000. The molecular formula is C60H117NO5. The summed E-state index contributed by atoms with van der Waals surface area (Å²) in [4.78, 5) is 26.3. The number of hydrogen-bond acceptors (Lipinski definition) is 5. The first-order chi connectivity index (χ1) is 32.5. The van der Waals surface area contributed by atoms with Crippen molar-refractivity contribution in [2.75, 3.05) is 6.61 Å². The number of amides is 1. The molecule has 0 fully saturated rings. The van der Waals surface area contributed by atoms with E-state index >= 15 is 0 Å². The number of rotatable bonds is 55. The van der Waals surface area contributed by atoms with Crippen molar-refractivity contribution < 1.29 is 24.5 Å². The predicted molar refractivity (Wildman–Crippen MR) is 287 cm³/mol. The van der Waals surface area contributed by atoms with Crippen molar-refractivity contribution in [3.05, 3.63) is 12.2 Å². The van der Waals surface area contributed by atoms with Crippen LogP contribution in [-0.2, 0) is 14.3 Å². The summed E-state index contributed by atoms with van der Waals surface area (Å²) in [5, 5.41) is 23.9. The van der Waals surface area contributed by atoms with Gasteiger partial charge in [-0.05, 0) is 44.9 Å². The molecule has 0 saturated heterocycles. The minimum atomic E-state index is -0.790. The molecule has 0 radical (unpaired) electrons. The second-order valence-corrected chi connectivity index (χ2v) is 20.8. The number of esters is 1. The largest absolute Gasteiger partial charge is 0.462 e. The molecule has 0 rings (SSSR count). The lowest BCUT2D eigenvalue weighted by atomic mass is 10.0. The second kappa shape index (κ2) is 54.5. The molecule has 1 amide bonds. The normalized spacial score (nSPS) is 13.1. The fraction of sp³-hybridized carbons (Fsp3) is 0.933. The van der Waals surface area contributed by atoms with Gasteiger partial charge in [0, 0.05) is 6.42 Å². The highest BCUT2D eigenvalue weighted by atomic mass is 16.5. The van der Waals surface area contributed by atoms with E-state index < -0.39 is 18.2 Å². The average molecular weight is 933 g/mol. The molecule has 6 nitrogen and oxygen atoms in total. The van der Waals surface area contributed by atoms with Crippen LogP contribution in [0, 0.1) is 0 Å². The van der Waals surface area contributed by atoms with Gasteiger partial charge in [0.2, 0.25) is 5.91 Å². The van der Waals surface area contributed by atoms with E-state index in [-0.39, 0.29) is 24.9 Å². The van der Waals surface area contributed by atoms with E-state index in [1.54, 1.807) is 0 Å². The number of carbonyl (C=O) groups excluding carboxylic acids is 2. The van der Waals surface area contributed by atoms with Gasteiger partial charge in [-0.2, -0.15) is 0 Å². The summed E-state index contributed by atoms with van der Waals surface area (Å²) >= 11 is 0. The number of allylic oxidation sites excluding steroid dienone is 2. The van der Waals surface area contributed by atoms with Crippen LogP contribution >= 0.6 is 0 Å². The van der Waals surface area contributed by atoms with Gasteiger partial charge < -0.3 is 20.3 Å². The first-order valence-electron chi connectivity index (χ1n) is 29.9. The van der Waals surface area contributed by atoms with Crippen LogP contribution < -0.4 is 5.32 Å². The molecule has 3 unspecified atom stereocenters. The zero-order valence-electron chi connectivity index (χ0n) is 44.9. The SMILES string of the molecule is CCCCCCCCC/C=C\CCCC(CC(=O)NC(CO)C(O)CCCCCCCCCCCCCCCCCCC)OC(=O)CCCCCCCCCCCCCCCCCCCC. The third-order valence-electron chi connectivity index (χ3n) is 14.1. The summed E-state index contributed by atoms with van der Waals surface area (Å²) < 4.78 is 5.95. The summed E-state index contributed by atoms with van der Waals surface area (Å²) in [6.07, 6.45) is 62.9. The highest BCUT2D eigenvalue weighted by Gasteiger charge is 2.24. The van der Waals surface area contributed by atoms with Crippen molar-refractivity contribution in [2.24, 2.45) is 0 Å². The lowest BCUT2D eigenvalue weighted by molar-refractivity contribution is -0.151. The van der Waals surface area contributed by atoms with E-state index in [1.807, 2.05) is 0 Å². The van der Waals surface area contributed by atoms with Crippen molar-refractivity contribution >= 4 is 11.9 Å². The molecule has 3 atom stereocenters. The third kappa shape index (κ3) is 49.0. The van der Waals surface area contributed by atoms with Crippen LogP contribution in [0.25, 0.3) is 0 Å². The van der Waals surface area contributed by atoms with E-state index in [1.165, 1.54) is 238 Å². The van der Waals surface area contributed by atoms with Crippen molar-refractivity contribution in [2.45, 2.75) is 354 Å². The van der Waals surface area contributed by atoms with Gasteiger partial charge in [0.1, 0.15) is 6.10 Å². The molecule has 6 heteroatoms. The molecule has 0 bridgehead atoms. The lowest BCUT2D eigenvalue weighted by Crippen LogP contribution is -2.46. The van der Waals surface area contributed by atoms with Crippen LogP contribution in [0.2, 0.25) is 0 Å². The second-order valence-electron chi connectivity index (χ2n) is 20.8. The number of ether oxygens (including phenoxy) is 1. The van der Waals surface area contributed by atoms with Gasteiger partial charge in [-0.25, -0.2) is 0 Å². The average Bonchev–Trinajstić information content (AvgIpc) is 3.31. The minimum absolute atomic E-state index is 0.0644. The number of carbonyl (C=O) groups is 2. The van der Waals surface area contributed by atoms with E-state index in [0.29, 0.717) is 19.3 Å². The van der Waals surface area contributed by atoms with Crippen molar-refractivity contribution in [3.63, 3.8) is 0 Å². The molecule has 0 aromatic heterocycles. The fourth-order valence-corrected chi connectivity index (χ4v) is 9.55. The van der Waals surface area contributed by atoms with Crippen molar-refractivity contribution in [1.29, 1.82) is 0 Å². The van der Waals surface area contributed by atoms with E-state index in [2.05, 4.69) is 38.2 Å². The Morgan fingerprint density at radius 3 is 1.11 bits per heavy atom. The van der Waals surface area contributed by atoms with Crippen LogP contribution in [0.15, 0.2) is 12.2 Å². The maximum Gasteiger partial charge on any atom is 0.306 e. The first kappa shape index (κ1) is 64.6. The van der Waals surface area contributed by atoms with Gasteiger partial charge in [0.05, 0.1) is 25.2 Å². The molecule has 0 aliphatic carbocycles. The molecule has 66 heavy (non-hydrogen) atoms. The number of unbranched alkanes of at least 4 members (excludes halogenated alkanes) is 41. The van der Waals surface area contributed by atoms with Crippen LogP contribution in [0.5, 0.6) is 0 Å². The number of hydrogen-bond donors (Lipinski definition) is 3.